The van der Waals surface area contributed by atoms with Gasteiger partial charge in [0.25, 0.3) is 0 Å². The van der Waals surface area contributed by atoms with Gasteiger partial charge in [-0.2, -0.15) is 5.26 Å². The van der Waals surface area contributed by atoms with Gasteiger partial charge in [-0.25, -0.2) is 0 Å². The summed E-state index contributed by atoms with van der Waals surface area (Å²) in [5.74, 6) is 0.290. The summed E-state index contributed by atoms with van der Waals surface area (Å²) in [5, 5.41) is 21.0. The molecule has 0 saturated heterocycles. The molecule has 0 bridgehead atoms. The van der Waals surface area contributed by atoms with E-state index in [0.717, 1.165) is 37.7 Å². The maximum Gasteiger partial charge on any atom is 0.109 e. The van der Waals surface area contributed by atoms with Crippen molar-refractivity contribution >= 4 is 0 Å². The van der Waals surface area contributed by atoms with Crippen LogP contribution < -0.4 is 0 Å². The third kappa shape index (κ3) is 2.60. The van der Waals surface area contributed by atoms with Crippen LogP contribution in [0.25, 0.3) is 0 Å². The van der Waals surface area contributed by atoms with Crippen LogP contribution in [0.5, 0.6) is 0 Å². The molecular weight excluding hydrogens is 258 g/mol. The first-order valence-electron chi connectivity index (χ1n) is 8.45. The van der Waals surface area contributed by atoms with Gasteiger partial charge >= 0.3 is 0 Å². The molecule has 1 aromatic rings. The van der Waals surface area contributed by atoms with Crippen molar-refractivity contribution in [2.24, 2.45) is 5.92 Å². The third-order valence-electron chi connectivity index (χ3n) is 5.57. The van der Waals surface area contributed by atoms with Gasteiger partial charge in [-0.3, -0.25) is 0 Å². The fourth-order valence-corrected chi connectivity index (χ4v) is 4.38. The number of aryl methyl sites for hydroxylation is 1. The Hall–Kier alpha value is -1.33. The standard InChI is InChI=1S/C19H25NO/c20-14-19(18(21)16-9-3-1-2-4-10-16)13-7-11-15-8-5-6-12-17(15)19/h5-6,8,12,16,18,21H,1-4,7,9-11,13H2. The van der Waals surface area contributed by atoms with E-state index in [9.17, 15) is 10.4 Å². The number of benzene rings is 1. The van der Waals surface area contributed by atoms with Crippen molar-refractivity contribution in [3.8, 4) is 6.07 Å². The molecule has 0 aliphatic heterocycles. The lowest BCUT2D eigenvalue weighted by Crippen LogP contribution is -2.45. The highest BCUT2D eigenvalue weighted by Gasteiger charge is 2.46. The zero-order valence-corrected chi connectivity index (χ0v) is 12.7. The Labute approximate surface area is 127 Å². The Balaban J connectivity index is 1.95. The summed E-state index contributed by atoms with van der Waals surface area (Å²) in [6, 6.07) is 10.8. The SMILES string of the molecule is N#CC1(C(O)C2CCCCCC2)CCCc2ccccc21. The van der Waals surface area contributed by atoms with E-state index >= 15 is 0 Å². The van der Waals surface area contributed by atoms with Gasteiger partial charge in [-0.1, -0.05) is 49.9 Å². The van der Waals surface area contributed by atoms with Crippen LogP contribution in [0.4, 0.5) is 0 Å². The molecule has 21 heavy (non-hydrogen) atoms. The summed E-state index contributed by atoms with van der Waals surface area (Å²) in [7, 11) is 0. The molecular formula is C19H25NO. The van der Waals surface area contributed by atoms with Crippen molar-refractivity contribution < 1.29 is 5.11 Å². The lowest BCUT2D eigenvalue weighted by molar-refractivity contribution is 0.0372. The topological polar surface area (TPSA) is 44.0 Å². The van der Waals surface area contributed by atoms with Crippen LogP contribution >= 0.6 is 0 Å². The summed E-state index contributed by atoms with van der Waals surface area (Å²) >= 11 is 0. The molecule has 1 fully saturated rings. The predicted octanol–water partition coefficient (Wildman–Crippen LogP) is 4.12. The van der Waals surface area contributed by atoms with Gasteiger partial charge < -0.3 is 5.11 Å². The van der Waals surface area contributed by atoms with E-state index in [2.05, 4.69) is 18.2 Å². The van der Waals surface area contributed by atoms with E-state index in [0.29, 0.717) is 5.92 Å². The normalized spacial score (nSPS) is 28.2. The summed E-state index contributed by atoms with van der Waals surface area (Å²) < 4.78 is 0. The Kier molecular flexibility index (Phi) is 4.31. The number of rotatable bonds is 2. The van der Waals surface area contributed by atoms with Gasteiger partial charge in [0, 0.05) is 0 Å². The Morgan fingerprint density at radius 1 is 1.10 bits per heavy atom. The second-order valence-corrected chi connectivity index (χ2v) is 6.79. The first-order chi connectivity index (χ1) is 10.3. The van der Waals surface area contributed by atoms with Crippen LogP contribution in [-0.2, 0) is 11.8 Å². The molecule has 3 rings (SSSR count). The van der Waals surface area contributed by atoms with Crippen LogP contribution in [0.15, 0.2) is 24.3 Å². The molecule has 2 unspecified atom stereocenters. The minimum atomic E-state index is -0.677. The lowest BCUT2D eigenvalue weighted by atomic mass is 9.64. The lowest BCUT2D eigenvalue weighted by Gasteiger charge is -2.40. The van der Waals surface area contributed by atoms with Crippen LogP contribution in [-0.4, -0.2) is 11.2 Å². The van der Waals surface area contributed by atoms with Crippen molar-refractivity contribution in [2.45, 2.75) is 69.3 Å². The molecule has 2 nitrogen and oxygen atoms in total. The second kappa shape index (κ2) is 6.20. The number of nitrogens with zero attached hydrogens (tertiary/aromatic N) is 1. The fourth-order valence-electron chi connectivity index (χ4n) is 4.38. The monoisotopic (exact) mass is 283 g/mol. The van der Waals surface area contributed by atoms with Crippen molar-refractivity contribution in [1.29, 1.82) is 5.26 Å². The smallest absolute Gasteiger partial charge is 0.109 e. The predicted molar refractivity (Wildman–Crippen MR) is 83.9 cm³/mol. The number of nitriles is 1. The first kappa shape index (κ1) is 14.6. The molecule has 0 amide bonds. The van der Waals surface area contributed by atoms with Crippen molar-refractivity contribution in [3.63, 3.8) is 0 Å². The number of hydrogen-bond donors (Lipinski definition) is 1. The van der Waals surface area contributed by atoms with E-state index in [1.807, 2.05) is 12.1 Å². The van der Waals surface area contributed by atoms with Crippen LogP contribution in [0, 0.1) is 17.2 Å². The third-order valence-corrected chi connectivity index (χ3v) is 5.57. The molecule has 0 spiro atoms. The molecule has 2 atom stereocenters. The van der Waals surface area contributed by atoms with Gasteiger partial charge in [0.2, 0.25) is 0 Å². The van der Waals surface area contributed by atoms with E-state index in [4.69, 9.17) is 0 Å². The Morgan fingerprint density at radius 2 is 1.81 bits per heavy atom. The summed E-state index contributed by atoms with van der Waals surface area (Å²) in [6.07, 6.45) is 9.44. The van der Waals surface area contributed by atoms with E-state index in [1.165, 1.54) is 31.2 Å². The number of aliphatic hydroxyl groups is 1. The maximum absolute atomic E-state index is 11.1. The van der Waals surface area contributed by atoms with Crippen molar-refractivity contribution in [2.75, 3.05) is 0 Å². The van der Waals surface area contributed by atoms with Gasteiger partial charge in [-0.05, 0) is 49.1 Å². The summed E-state index contributed by atoms with van der Waals surface area (Å²) in [4.78, 5) is 0. The zero-order chi connectivity index (χ0) is 14.7. The Bertz CT molecular complexity index is 525. The molecule has 2 aliphatic carbocycles. The van der Waals surface area contributed by atoms with Gasteiger partial charge in [0.05, 0.1) is 12.2 Å². The van der Waals surface area contributed by atoms with Crippen molar-refractivity contribution in [1.82, 2.24) is 0 Å². The molecule has 1 aromatic carbocycles. The zero-order valence-electron chi connectivity index (χ0n) is 12.7. The van der Waals surface area contributed by atoms with E-state index in [1.54, 1.807) is 0 Å². The van der Waals surface area contributed by atoms with E-state index < -0.39 is 11.5 Å². The minimum Gasteiger partial charge on any atom is -0.391 e. The number of fused-ring (bicyclic) bond motifs is 1. The highest BCUT2D eigenvalue weighted by Crippen LogP contribution is 2.44. The quantitative estimate of drug-likeness (QED) is 0.830. The van der Waals surface area contributed by atoms with Crippen LogP contribution in [0.2, 0.25) is 0 Å². The minimum absolute atomic E-state index is 0.290. The summed E-state index contributed by atoms with van der Waals surface area (Å²) in [5.41, 5.74) is 1.68. The molecule has 2 heteroatoms. The molecule has 112 valence electrons. The molecule has 2 aliphatic rings. The van der Waals surface area contributed by atoms with Gasteiger partial charge in [0.15, 0.2) is 0 Å². The molecule has 0 heterocycles. The van der Waals surface area contributed by atoms with Gasteiger partial charge in [-0.15, -0.1) is 0 Å². The molecule has 0 radical (unpaired) electrons. The van der Waals surface area contributed by atoms with Crippen LogP contribution in [0.1, 0.15) is 62.5 Å². The average molecular weight is 283 g/mol. The second-order valence-electron chi connectivity index (χ2n) is 6.79. The highest BCUT2D eigenvalue weighted by atomic mass is 16.3. The first-order valence-corrected chi connectivity index (χ1v) is 8.45. The Morgan fingerprint density at radius 3 is 2.52 bits per heavy atom. The number of aliphatic hydroxyl groups excluding tert-OH is 1. The van der Waals surface area contributed by atoms with Crippen molar-refractivity contribution in [3.05, 3.63) is 35.4 Å². The fraction of sp³-hybridized carbons (Fsp3) is 0.632. The number of hydrogen-bond acceptors (Lipinski definition) is 2. The van der Waals surface area contributed by atoms with E-state index in [-0.39, 0.29) is 0 Å². The summed E-state index contributed by atoms with van der Waals surface area (Å²) in [6.45, 7) is 0. The maximum atomic E-state index is 11.1. The molecule has 0 aromatic heterocycles. The largest absolute Gasteiger partial charge is 0.391 e. The highest BCUT2D eigenvalue weighted by molar-refractivity contribution is 5.43. The average Bonchev–Trinajstić information content (AvgIpc) is 2.82. The van der Waals surface area contributed by atoms with Gasteiger partial charge in [0.1, 0.15) is 5.41 Å². The molecule has 1 saturated carbocycles. The molecule has 1 N–H and O–H groups in total. The van der Waals surface area contributed by atoms with Crippen LogP contribution in [0.3, 0.4) is 0 Å².